The van der Waals surface area contributed by atoms with Crippen LogP contribution in [-0.4, -0.2) is 33.5 Å². The van der Waals surface area contributed by atoms with Gasteiger partial charge in [-0.2, -0.15) is 0 Å². The van der Waals surface area contributed by atoms with E-state index in [2.05, 4.69) is 15.3 Å². The Labute approximate surface area is 111 Å². The second kappa shape index (κ2) is 5.86. The number of amides is 1. The average Bonchev–Trinajstić information content (AvgIpc) is 3.00. The Bertz CT molecular complexity index is 436. The monoisotopic (exact) mass is 265 g/mol. The van der Waals surface area contributed by atoms with Crippen LogP contribution in [0.5, 0.6) is 0 Å². The number of aromatic nitrogens is 2. The predicted octanol–water partition coefficient (Wildman–Crippen LogP) is 1.10. The molecule has 19 heavy (non-hydrogen) atoms. The maximum absolute atomic E-state index is 11.8. The molecule has 1 aromatic heterocycles. The smallest absolute Gasteiger partial charge is 0.310 e. The van der Waals surface area contributed by atoms with Gasteiger partial charge in [0, 0.05) is 31.3 Å². The molecule has 1 aromatic rings. The first-order valence-electron chi connectivity index (χ1n) is 6.60. The molecule has 0 radical (unpaired) electrons. The Hall–Kier alpha value is -1.85. The molecule has 1 aliphatic rings. The summed E-state index contributed by atoms with van der Waals surface area (Å²) in [5.74, 6) is -1.02. The molecule has 1 aliphatic carbocycles. The van der Waals surface area contributed by atoms with Gasteiger partial charge < -0.3 is 15.4 Å². The molecular weight excluding hydrogens is 246 g/mol. The maximum Gasteiger partial charge on any atom is 0.310 e. The van der Waals surface area contributed by atoms with E-state index in [4.69, 9.17) is 0 Å². The number of rotatable bonds is 6. The van der Waals surface area contributed by atoms with Crippen LogP contribution < -0.4 is 5.32 Å². The predicted molar refractivity (Wildman–Crippen MR) is 68.5 cm³/mol. The minimum Gasteiger partial charge on any atom is -0.481 e. The fourth-order valence-electron chi connectivity index (χ4n) is 2.65. The zero-order valence-corrected chi connectivity index (χ0v) is 10.8. The van der Waals surface area contributed by atoms with Crippen LogP contribution in [0, 0.1) is 5.41 Å². The highest BCUT2D eigenvalue weighted by molar-refractivity contribution is 5.85. The maximum atomic E-state index is 11.8. The second-order valence-corrected chi connectivity index (χ2v) is 5.15. The molecule has 104 valence electrons. The van der Waals surface area contributed by atoms with Gasteiger partial charge in [0.2, 0.25) is 5.91 Å². The van der Waals surface area contributed by atoms with E-state index in [1.54, 1.807) is 12.5 Å². The van der Waals surface area contributed by atoms with Gasteiger partial charge in [0.1, 0.15) is 0 Å². The third kappa shape index (κ3) is 3.33. The zero-order chi connectivity index (χ0) is 13.7. The van der Waals surface area contributed by atoms with Crippen LogP contribution in [0.3, 0.4) is 0 Å². The summed E-state index contributed by atoms with van der Waals surface area (Å²) in [6, 6.07) is 0. The topological polar surface area (TPSA) is 95.1 Å². The normalized spacial score (nSPS) is 17.3. The summed E-state index contributed by atoms with van der Waals surface area (Å²) >= 11 is 0. The Morgan fingerprint density at radius 1 is 1.42 bits per heavy atom. The van der Waals surface area contributed by atoms with Crippen LogP contribution in [0.1, 0.15) is 37.8 Å². The van der Waals surface area contributed by atoms with Crippen molar-refractivity contribution in [1.29, 1.82) is 0 Å². The average molecular weight is 265 g/mol. The Morgan fingerprint density at radius 3 is 2.74 bits per heavy atom. The SMILES string of the molecule is O=C(CC1(C(=O)O)CCCC1)NCCc1cnc[nH]1. The van der Waals surface area contributed by atoms with Gasteiger partial charge in [-0.3, -0.25) is 9.59 Å². The summed E-state index contributed by atoms with van der Waals surface area (Å²) in [5.41, 5.74) is 0.118. The molecule has 0 aromatic carbocycles. The molecule has 1 amide bonds. The van der Waals surface area contributed by atoms with Crippen LogP contribution >= 0.6 is 0 Å². The van der Waals surface area contributed by atoms with E-state index < -0.39 is 11.4 Å². The molecule has 0 unspecified atom stereocenters. The van der Waals surface area contributed by atoms with Crippen molar-refractivity contribution < 1.29 is 14.7 Å². The van der Waals surface area contributed by atoms with Crippen LogP contribution in [0.15, 0.2) is 12.5 Å². The number of carboxylic acid groups (broad SMARTS) is 1. The van der Waals surface area contributed by atoms with Crippen molar-refractivity contribution in [2.24, 2.45) is 5.41 Å². The van der Waals surface area contributed by atoms with Gasteiger partial charge in [0.05, 0.1) is 11.7 Å². The van der Waals surface area contributed by atoms with E-state index in [1.165, 1.54) is 0 Å². The molecule has 6 nitrogen and oxygen atoms in total. The van der Waals surface area contributed by atoms with Crippen LogP contribution in [0.25, 0.3) is 0 Å². The first-order chi connectivity index (χ1) is 9.12. The highest BCUT2D eigenvalue weighted by atomic mass is 16.4. The number of aliphatic carboxylic acids is 1. The Kier molecular flexibility index (Phi) is 4.19. The lowest BCUT2D eigenvalue weighted by molar-refractivity contribution is -0.151. The van der Waals surface area contributed by atoms with Gasteiger partial charge in [-0.15, -0.1) is 0 Å². The summed E-state index contributed by atoms with van der Waals surface area (Å²) < 4.78 is 0. The van der Waals surface area contributed by atoms with Gasteiger partial charge in [0.15, 0.2) is 0 Å². The molecule has 1 heterocycles. The fraction of sp³-hybridized carbons (Fsp3) is 0.615. The van der Waals surface area contributed by atoms with Crippen molar-refractivity contribution in [2.45, 2.75) is 38.5 Å². The van der Waals surface area contributed by atoms with Crippen molar-refractivity contribution in [3.8, 4) is 0 Å². The number of imidazole rings is 1. The quantitative estimate of drug-likeness (QED) is 0.718. The number of carbonyl (C=O) groups is 2. The lowest BCUT2D eigenvalue weighted by atomic mass is 9.82. The Balaban J connectivity index is 1.78. The van der Waals surface area contributed by atoms with Gasteiger partial charge >= 0.3 is 5.97 Å². The number of H-pyrrole nitrogens is 1. The van der Waals surface area contributed by atoms with E-state index in [1.807, 2.05) is 0 Å². The van der Waals surface area contributed by atoms with E-state index in [0.29, 0.717) is 25.8 Å². The van der Waals surface area contributed by atoms with Crippen molar-refractivity contribution in [3.05, 3.63) is 18.2 Å². The third-order valence-corrected chi connectivity index (χ3v) is 3.78. The standard InChI is InChI=1S/C13H19N3O3/c17-11(15-6-3-10-8-14-9-16-10)7-13(12(18)19)4-1-2-5-13/h8-9H,1-7H2,(H,14,16)(H,15,17)(H,18,19). The lowest BCUT2D eigenvalue weighted by Gasteiger charge is -2.22. The molecule has 0 atom stereocenters. The van der Waals surface area contributed by atoms with Gasteiger partial charge in [0.25, 0.3) is 0 Å². The number of carboxylic acids is 1. The molecule has 0 aliphatic heterocycles. The van der Waals surface area contributed by atoms with Crippen LogP contribution in [-0.2, 0) is 16.0 Å². The fourth-order valence-corrected chi connectivity index (χ4v) is 2.65. The molecule has 3 N–H and O–H groups in total. The summed E-state index contributed by atoms with van der Waals surface area (Å²) in [6.07, 6.45) is 7.07. The minimum atomic E-state index is -0.839. The number of carbonyl (C=O) groups excluding carboxylic acids is 1. The number of nitrogens with zero attached hydrogens (tertiary/aromatic N) is 1. The lowest BCUT2D eigenvalue weighted by Crippen LogP contribution is -2.36. The first-order valence-corrected chi connectivity index (χ1v) is 6.60. The summed E-state index contributed by atoms with van der Waals surface area (Å²) in [7, 11) is 0. The molecule has 0 spiro atoms. The molecule has 6 heteroatoms. The molecule has 1 saturated carbocycles. The van der Waals surface area contributed by atoms with E-state index in [-0.39, 0.29) is 12.3 Å². The van der Waals surface area contributed by atoms with E-state index >= 15 is 0 Å². The molecule has 0 saturated heterocycles. The summed E-state index contributed by atoms with van der Waals surface area (Å²) in [6.45, 7) is 0.497. The highest BCUT2D eigenvalue weighted by Gasteiger charge is 2.42. The largest absolute Gasteiger partial charge is 0.481 e. The summed E-state index contributed by atoms with van der Waals surface area (Å²) in [4.78, 5) is 30.0. The molecule has 2 rings (SSSR count). The van der Waals surface area contributed by atoms with Crippen molar-refractivity contribution in [3.63, 3.8) is 0 Å². The highest BCUT2D eigenvalue weighted by Crippen LogP contribution is 2.41. The van der Waals surface area contributed by atoms with Crippen LogP contribution in [0.2, 0.25) is 0 Å². The zero-order valence-electron chi connectivity index (χ0n) is 10.8. The van der Waals surface area contributed by atoms with Gasteiger partial charge in [-0.05, 0) is 12.8 Å². The number of nitrogens with one attached hydrogen (secondary N) is 2. The van der Waals surface area contributed by atoms with Crippen molar-refractivity contribution in [1.82, 2.24) is 15.3 Å². The third-order valence-electron chi connectivity index (χ3n) is 3.78. The van der Waals surface area contributed by atoms with E-state index in [0.717, 1.165) is 18.5 Å². The number of aromatic amines is 1. The Morgan fingerprint density at radius 2 is 2.16 bits per heavy atom. The molecule has 1 fully saturated rings. The number of hydrogen-bond acceptors (Lipinski definition) is 3. The van der Waals surface area contributed by atoms with Crippen LogP contribution in [0.4, 0.5) is 0 Å². The van der Waals surface area contributed by atoms with Crippen molar-refractivity contribution >= 4 is 11.9 Å². The molecule has 0 bridgehead atoms. The van der Waals surface area contributed by atoms with Gasteiger partial charge in [-0.25, -0.2) is 4.98 Å². The van der Waals surface area contributed by atoms with Crippen molar-refractivity contribution in [2.75, 3.05) is 6.54 Å². The first kappa shape index (κ1) is 13.6. The van der Waals surface area contributed by atoms with Gasteiger partial charge in [-0.1, -0.05) is 12.8 Å². The summed E-state index contributed by atoms with van der Waals surface area (Å²) in [5, 5.41) is 12.1. The van der Waals surface area contributed by atoms with E-state index in [9.17, 15) is 14.7 Å². The number of hydrogen-bond donors (Lipinski definition) is 3. The molecular formula is C13H19N3O3. The minimum absolute atomic E-state index is 0.0886. The second-order valence-electron chi connectivity index (χ2n) is 5.15.